The molecule has 0 spiro atoms. The van der Waals surface area contributed by atoms with E-state index in [1.54, 1.807) is 6.07 Å². The SMILES string of the molecule is COc1ccc(C(F)(F)F)cc1NC(=O)Nc1cc(C)sc1Br. The first-order chi connectivity index (χ1) is 10.7. The fourth-order valence-electron chi connectivity index (χ4n) is 1.83. The molecule has 0 aliphatic carbocycles. The number of methoxy groups -OCH3 is 1. The Kier molecular flexibility index (Phi) is 5.20. The van der Waals surface area contributed by atoms with Crippen molar-refractivity contribution >= 4 is 44.7 Å². The van der Waals surface area contributed by atoms with E-state index in [0.717, 1.165) is 26.9 Å². The van der Waals surface area contributed by atoms with E-state index in [2.05, 4.69) is 26.6 Å². The van der Waals surface area contributed by atoms with E-state index in [4.69, 9.17) is 4.74 Å². The number of benzene rings is 1. The van der Waals surface area contributed by atoms with Crippen LogP contribution >= 0.6 is 27.3 Å². The van der Waals surface area contributed by atoms with Crippen molar-refractivity contribution in [2.24, 2.45) is 0 Å². The Hall–Kier alpha value is -1.74. The van der Waals surface area contributed by atoms with E-state index in [1.165, 1.54) is 18.4 Å². The van der Waals surface area contributed by atoms with Crippen LogP contribution in [0.25, 0.3) is 0 Å². The first kappa shape index (κ1) is 17.6. The average molecular weight is 409 g/mol. The minimum Gasteiger partial charge on any atom is -0.495 e. The second-order valence-electron chi connectivity index (χ2n) is 4.54. The lowest BCUT2D eigenvalue weighted by Gasteiger charge is -2.14. The minimum absolute atomic E-state index is 0.0668. The van der Waals surface area contributed by atoms with Gasteiger partial charge in [0.05, 0.1) is 27.8 Å². The summed E-state index contributed by atoms with van der Waals surface area (Å²) in [6.07, 6.45) is -4.51. The van der Waals surface area contributed by atoms with Crippen LogP contribution in [0.15, 0.2) is 28.1 Å². The Bertz CT molecular complexity index is 731. The minimum atomic E-state index is -4.51. The van der Waals surface area contributed by atoms with Gasteiger partial charge in [0.15, 0.2) is 0 Å². The highest BCUT2D eigenvalue weighted by Gasteiger charge is 2.31. The summed E-state index contributed by atoms with van der Waals surface area (Å²) in [5.74, 6) is 0.133. The summed E-state index contributed by atoms with van der Waals surface area (Å²) in [5.41, 5.74) is -0.403. The maximum atomic E-state index is 12.8. The van der Waals surface area contributed by atoms with Gasteiger partial charge in [-0.1, -0.05) is 0 Å². The second-order valence-corrected chi connectivity index (χ2v) is 7.11. The Morgan fingerprint density at radius 1 is 1.22 bits per heavy atom. The third-order valence-electron chi connectivity index (χ3n) is 2.83. The van der Waals surface area contributed by atoms with E-state index >= 15 is 0 Å². The predicted octanol–water partition coefficient (Wildman–Crippen LogP) is 5.49. The van der Waals surface area contributed by atoms with E-state index in [9.17, 15) is 18.0 Å². The van der Waals surface area contributed by atoms with Crippen LogP contribution in [0.2, 0.25) is 0 Å². The fourth-order valence-corrected chi connectivity index (χ4v) is 3.49. The van der Waals surface area contributed by atoms with Gasteiger partial charge in [-0.25, -0.2) is 4.79 Å². The number of anilines is 2. The van der Waals surface area contributed by atoms with E-state index in [0.29, 0.717) is 5.69 Å². The molecule has 0 radical (unpaired) electrons. The quantitative estimate of drug-likeness (QED) is 0.705. The second kappa shape index (κ2) is 6.79. The smallest absolute Gasteiger partial charge is 0.416 e. The monoisotopic (exact) mass is 408 g/mol. The molecule has 9 heteroatoms. The molecule has 23 heavy (non-hydrogen) atoms. The molecule has 0 unspecified atom stereocenters. The van der Waals surface area contributed by atoms with Crippen molar-refractivity contribution in [2.75, 3.05) is 17.7 Å². The van der Waals surface area contributed by atoms with Crippen LogP contribution in [-0.4, -0.2) is 13.1 Å². The Labute approximate surface area is 142 Å². The lowest BCUT2D eigenvalue weighted by Crippen LogP contribution is -2.20. The summed E-state index contributed by atoms with van der Waals surface area (Å²) in [6.45, 7) is 1.87. The van der Waals surface area contributed by atoms with Crippen molar-refractivity contribution < 1.29 is 22.7 Å². The highest BCUT2D eigenvalue weighted by atomic mass is 79.9. The molecular weight excluding hydrogens is 397 g/mol. The molecule has 0 aliphatic rings. The van der Waals surface area contributed by atoms with Crippen molar-refractivity contribution in [3.63, 3.8) is 0 Å². The lowest BCUT2D eigenvalue weighted by atomic mass is 10.2. The van der Waals surface area contributed by atoms with Gasteiger partial charge in [0.25, 0.3) is 0 Å². The molecule has 1 aromatic carbocycles. The van der Waals surface area contributed by atoms with Gasteiger partial charge in [-0.15, -0.1) is 11.3 Å². The first-order valence-electron chi connectivity index (χ1n) is 6.30. The van der Waals surface area contributed by atoms with E-state index in [1.807, 2.05) is 6.92 Å². The molecule has 4 nitrogen and oxygen atoms in total. The maximum Gasteiger partial charge on any atom is 0.416 e. The molecule has 2 N–H and O–H groups in total. The van der Waals surface area contributed by atoms with Crippen LogP contribution in [0.5, 0.6) is 5.75 Å². The molecular formula is C14H12BrF3N2O2S. The van der Waals surface area contributed by atoms with Gasteiger partial charge >= 0.3 is 12.2 Å². The summed E-state index contributed by atoms with van der Waals surface area (Å²) in [6, 6.07) is 3.95. The normalized spacial score (nSPS) is 11.2. The largest absolute Gasteiger partial charge is 0.495 e. The van der Waals surface area contributed by atoms with E-state index < -0.39 is 17.8 Å². The molecule has 0 saturated carbocycles. The fraction of sp³-hybridized carbons (Fsp3) is 0.214. The molecule has 0 bridgehead atoms. The zero-order chi connectivity index (χ0) is 17.2. The number of urea groups is 1. The summed E-state index contributed by atoms with van der Waals surface area (Å²) in [7, 11) is 1.31. The van der Waals surface area contributed by atoms with Gasteiger partial charge in [0, 0.05) is 4.88 Å². The van der Waals surface area contributed by atoms with Gasteiger partial charge < -0.3 is 15.4 Å². The highest BCUT2D eigenvalue weighted by molar-refractivity contribution is 9.11. The van der Waals surface area contributed by atoms with Gasteiger partial charge in [0.2, 0.25) is 0 Å². The lowest BCUT2D eigenvalue weighted by molar-refractivity contribution is -0.137. The van der Waals surface area contributed by atoms with Gasteiger partial charge in [-0.2, -0.15) is 13.2 Å². The summed E-state index contributed by atoms with van der Waals surface area (Å²) < 4.78 is 44.0. The number of thiophene rings is 1. The Morgan fingerprint density at radius 3 is 2.39 bits per heavy atom. The Morgan fingerprint density at radius 2 is 1.87 bits per heavy atom. The number of carbonyl (C=O) groups is 1. The molecule has 1 aromatic heterocycles. The number of carbonyl (C=O) groups excluding carboxylic acids is 1. The number of hydrogen-bond acceptors (Lipinski definition) is 3. The third kappa shape index (κ3) is 4.38. The van der Waals surface area contributed by atoms with Crippen LogP contribution in [0, 0.1) is 6.92 Å². The summed E-state index contributed by atoms with van der Waals surface area (Å²) in [4.78, 5) is 13.0. The van der Waals surface area contributed by atoms with Crippen molar-refractivity contribution in [3.8, 4) is 5.75 Å². The molecule has 2 rings (SSSR count). The van der Waals surface area contributed by atoms with Crippen LogP contribution in [0.1, 0.15) is 10.4 Å². The number of ether oxygens (including phenoxy) is 1. The number of nitrogens with one attached hydrogen (secondary N) is 2. The molecule has 124 valence electrons. The molecule has 1 heterocycles. The first-order valence-corrected chi connectivity index (χ1v) is 7.91. The average Bonchev–Trinajstić information content (AvgIpc) is 2.75. The van der Waals surface area contributed by atoms with Crippen molar-refractivity contribution in [3.05, 3.63) is 38.5 Å². The van der Waals surface area contributed by atoms with Crippen LogP contribution in [0.4, 0.5) is 29.3 Å². The topological polar surface area (TPSA) is 50.4 Å². The molecule has 2 amide bonds. The van der Waals surface area contributed by atoms with Crippen molar-refractivity contribution in [1.29, 1.82) is 0 Å². The van der Waals surface area contributed by atoms with E-state index in [-0.39, 0.29) is 11.4 Å². The zero-order valence-electron chi connectivity index (χ0n) is 12.0. The van der Waals surface area contributed by atoms with Crippen LogP contribution in [-0.2, 0) is 6.18 Å². The number of alkyl halides is 3. The number of hydrogen-bond donors (Lipinski definition) is 2. The van der Waals surface area contributed by atoms with Crippen molar-refractivity contribution in [1.82, 2.24) is 0 Å². The van der Waals surface area contributed by atoms with Gasteiger partial charge in [-0.05, 0) is 47.1 Å². The highest BCUT2D eigenvalue weighted by Crippen LogP contribution is 2.35. The maximum absolute atomic E-state index is 12.8. The molecule has 0 fully saturated rings. The zero-order valence-corrected chi connectivity index (χ0v) is 14.4. The standard InChI is InChI=1S/C14H12BrF3N2O2S/c1-7-5-10(12(15)23-7)20-13(21)19-9-6-8(14(16,17)18)3-4-11(9)22-2/h3-6H,1-2H3,(H2,19,20,21). The molecule has 0 aliphatic heterocycles. The summed E-state index contributed by atoms with van der Waals surface area (Å²) in [5, 5.41) is 4.93. The number of halogens is 4. The molecule has 2 aromatic rings. The van der Waals surface area contributed by atoms with Gasteiger partial charge in [0.1, 0.15) is 5.75 Å². The molecule has 0 atom stereocenters. The predicted molar refractivity (Wildman–Crippen MR) is 87.4 cm³/mol. The molecule has 0 saturated heterocycles. The number of rotatable bonds is 3. The van der Waals surface area contributed by atoms with Crippen LogP contribution in [0.3, 0.4) is 0 Å². The van der Waals surface area contributed by atoms with Crippen LogP contribution < -0.4 is 15.4 Å². The third-order valence-corrected chi connectivity index (χ3v) is 4.58. The van der Waals surface area contributed by atoms with Crippen molar-refractivity contribution in [2.45, 2.75) is 13.1 Å². The summed E-state index contributed by atoms with van der Waals surface area (Å²) >= 11 is 4.73. The number of aryl methyl sites for hydroxylation is 1. The Balaban J connectivity index is 2.21. The van der Waals surface area contributed by atoms with Gasteiger partial charge in [-0.3, -0.25) is 0 Å². The number of amides is 2.